The standard InChI is InChI=1S/C22H18FNO4/c1-15(25)24-18-10-12-19(13-11-18)28-22(26)20-4-2-3-5-21(20)27-14-16-6-8-17(23)9-7-16/h2-13H,14H2,1H3,(H,24,25). The molecule has 0 aliphatic rings. The second-order valence-corrected chi connectivity index (χ2v) is 6.01. The van der Waals surface area contributed by atoms with Gasteiger partial charge in [0.25, 0.3) is 0 Å². The average molecular weight is 379 g/mol. The van der Waals surface area contributed by atoms with Gasteiger partial charge in [-0.15, -0.1) is 0 Å². The van der Waals surface area contributed by atoms with E-state index in [0.29, 0.717) is 17.2 Å². The van der Waals surface area contributed by atoms with Crippen molar-refractivity contribution in [2.75, 3.05) is 5.32 Å². The second-order valence-electron chi connectivity index (χ2n) is 6.01. The van der Waals surface area contributed by atoms with Crippen LogP contribution in [0.4, 0.5) is 10.1 Å². The molecule has 3 rings (SSSR count). The fourth-order valence-corrected chi connectivity index (χ4v) is 2.47. The van der Waals surface area contributed by atoms with Crippen molar-refractivity contribution >= 4 is 17.6 Å². The van der Waals surface area contributed by atoms with Crippen LogP contribution in [0.15, 0.2) is 72.8 Å². The van der Waals surface area contributed by atoms with E-state index < -0.39 is 5.97 Å². The summed E-state index contributed by atoms with van der Waals surface area (Å²) < 4.78 is 24.1. The molecular formula is C22H18FNO4. The minimum atomic E-state index is -0.568. The molecule has 0 bridgehead atoms. The van der Waals surface area contributed by atoms with E-state index in [2.05, 4.69) is 5.32 Å². The van der Waals surface area contributed by atoms with Crippen LogP contribution < -0.4 is 14.8 Å². The molecule has 3 aromatic carbocycles. The van der Waals surface area contributed by atoms with Crippen molar-refractivity contribution in [1.82, 2.24) is 0 Å². The average Bonchev–Trinajstić information content (AvgIpc) is 2.69. The number of rotatable bonds is 6. The van der Waals surface area contributed by atoms with Crippen LogP contribution in [0, 0.1) is 5.82 Å². The molecule has 28 heavy (non-hydrogen) atoms. The lowest BCUT2D eigenvalue weighted by Crippen LogP contribution is -2.11. The molecule has 0 atom stereocenters. The maximum Gasteiger partial charge on any atom is 0.347 e. The lowest BCUT2D eigenvalue weighted by Gasteiger charge is -2.11. The Hall–Kier alpha value is -3.67. The summed E-state index contributed by atoms with van der Waals surface area (Å²) in [6.07, 6.45) is 0. The summed E-state index contributed by atoms with van der Waals surface area (Å²) in [5.74, 6) is -0.365. The van der Waals surface area contributed by atoms with Gasteiger partial charge in [0.1, 0.15) is 29.5 Å². The number of esters is 1. The van der Waals surface area contributed by atoms with Crippen LogP contribution in [0.1, 0.15) is 22.8 Å². The summed E-state index contributed by atoms with van der Waals surface area (Å²) in [6, 6.07) is 19.1. The van der Waals surface area contributed by atoms with Crippen LogP contribution in [-0.2, 0) is 11.4 Å². The van der Waals surface area contributed by atoms with E-state index in [1.54, 1.807) is 60.7 Å². The smallest absolute Gasteiger partial charge is 0.347 e. The van der Waals surface area contributed by atoms with Crippen LogP contribution in [0.25, 0.3) is 0 Å². The lowest BCUT2D eigenvalue weighted by atomic mass is 10.2. The number of amides is 1. The van der Waals surface area contributed by atoms with Crippen molar-refractivity contribution in [2.24, 2.45) is 0 Å². The summed E-state index contributed by atoms with van der Waals surface area (Å²) in [7, 11) is 0. The maximum atomic E-state index is 13.0. The van der Waals surface area contributed by atoms with Crippen molar-refractivity contribution in [1.29, 1.82) is 0 Å². The van der Waals surface area contributed by atoms with Gasteiger partial charge < -0.3 is 14.8 Å². The van der Waals surface area contributed by atoms with Crippen molar-refractivity contribution in [3.05, 3.63) is 89.7 Å². The molecule has 0 saturated heterocycles. The van der Waals surface area contributed by atoms with E-state index in [9.17, 15) is 14.0 Å². The van der Waals surface area contributed by atoms with Crippen LogP contribution in [0.5, 0.6) is 11.5 Å². The van der Waals surface area contributed by atoms with E-state index in [1.807, 2.05) is 0 Å². The summed E-state index contributed by atoms with van der Waals surface area (Å²) >= 11 is 0. The van der Waals surface area contributed by atoms with E-state index in [-0.39, 0.29) is 23.9 Å². The molecule has 0 aromatic heterocycles. The van der Waals surface area contributed by atoms with Crippen molar-refractivity contribution in [3.63, 3.8) is 0 Å². The minimum Gasteiger partial charge on any atom is -0.488 e. The molecule has 0 saturated carbocycles. The molecule has 142 valence electrons. The quantitative estimate of drug-likeness (QED) is 0.503. The number of carbonyl (C=O) groups is 2. The topological polar surface area (TPSA) is 64.6 Å². The number of hydrogen-bond donors (Lipinski definition) is 1. The Bertz CT molecular complexity index is 969. The summed E-state index contributed by atoms with van der Waals surface area (Å²) in [6.45, 7) is 1.60. The zero-order chi connectivity index (χ0) is 19.9. The Labute approximate surface area is 161 Å². The lowest BCUT2D eigenvalue weighted by molar-refractivity contribution is -0.114. The zero-order valence-corrected chi connectivity index (χ0v) is 15.1. The maximum absolute atomic E-state index is 13.0. The largest absolute Gasteiger partial charge is 0.488 e. The molecule has 1 amide bonds. The number of halogens is 1. The van der Waals surface area contributed by atoms with E-state index in [4.69, 9.17) is 9.47 Å². The number of para-hydroxylation sites is 1. The van der Waals surface area contributed by atoms with Gasteiger partial charge in [0.15, 0.2) is 0 Å². The Morgan fingerprint density at radius 3 is 2.29 bits per heavy atom. The molecule has 5 nitrogen and oxygen atoms in total. The summed E-state index contributed by atoms with van der Waals surface area (Å²) in [5, 5.41) is 2.64. The monoisotopic (exact) mass is 379 g/mol. The number of benzene rings is 3. The zero-order valence-electron chi connectivity index (χ0n) is 15.1. The third-order valence-electron chi connectivity index (χ3n) is 3.80. The molecule has 0 unspecified atom stereocenters. The Morgan fingerprint density at radius 1 is 0.929 bits per heavy atom. The third-order valence-corrected chi connectivity index (χ3v) is 3.80. The molecule has 0 radical (unpaired) electrons. The molecule has 0 spiro atoms. The number of carbonyl (C=O) groups excluding carboxylic acids is 2. The first kappa shape index (κ1) is 19.1. The molecule has 0 fully saturated rings. The van der Waals surface area contributed by atoms with Crippen LogP contribution in [0.3, 0.4) is 0 Å². The van der Waals surface area contributed by atoms with Gasteiger partial charge in [-0.3, -0.25) is 4.79 Å². The van der Waals surface area contributed by atoms with Crippen LogP contribution in [0.2, 0.25) is 0 Å². The first-order valence-corrected chi connectivity index (χ1v) is 8.57. The van der Waals surface area contributed by atoms with E-state index in [1.165, 1.54) is 19.1 Å². The van der Waals surface area contributed by atoms with Gasteiger partial charge in [-0.2, -0.15) is 0 Å². The SMILES string of the molecule is CC(=O)Nc1ccc(OC(=O)c2ccccc2OCc2ccc(F)cc2)cc1. The second kappa shape index (κ2) is 8.81. The number of ether oxygens (including phenoxy) is 2. The molecule has 0 aliphatic heterocycles. The van der Waals surface area contributed by atoms with Gasteiger partial charge in [0.05, 0.1) is 0 Å². The Kier molecular flexibility index (Phi) is 6.01. The van der Waals surface area contributed by atoms with Crippen molar-refractivity contribution in [3.8, 4) is 11.5 Å². The van der Waals surface area contributed by atoms with Crippen LogP contribution >= 0.6 is 0 Å². The Morgan fingerprint density at radius 2 is 1.61 bits per heavy atom. The van der Waals surface area contributed by atoms with Crippen molar-refractivity contribution < 1.29 is 23.5 Å². The predicted octanol–water partition coefficient (Wildman–Crippen LogP) is 4.58. The first-order chi connectivity index (χ1) is 13.5. The molecule has 3 aromatic rings. The molecular weight excluding hydrogens is 361 g/mol. The van der Waals surface area contributed by atoms with Gasteiger partial charge in [-0.1, -0.05) is 24.3 Å². The molecule has 6 heteroatoms. The Balaban J connectivity index is 1.68. The highest BCUT2D eigenvalue weighted by Crippen LogP contribution is 2.23. The first-order valence-electron chi connectivity index (χ1n) is 8.57. The number of anilines is 1. The van der Waals surface area contributed by atoms with Gasteiger partial charge in [0.2, 0.25) is 5.91 Å². The molecule has 0 aliphatic carbocycles. The number of hydrogen-bond acceptors (Lipinski definition) is 4. The number of nitrogens with one attached hydrogen (secondary N) is 1. The third kappa shape index (κ3) is 5.17. The van der Waals surface area contributed by atoms with Gasteiger partial charge >= 0.3 is 5.97 Å². The highest BCUT2D eigenvalue weighted by molar-refractivity contribution is 5.94. The molecule has 1 N–H and O–H groups in total. The fourth-order valence-electron chi connectivity index (χ4n) is 2.47. The van der Waals surface area contributed by atoms with Gasteiger partial charge in [0, 0.05) is 12.6 Å². The van der Waals surface area contributed by atoms with Gasteiger partial charge in [-0.05, 0) is 54.1 Å². The summed E-state index contributed by atoms with van der Waals surface area (Å²) in [5.41, 5.74) is 1.66. The predicted molar refractivity (Wildman–Crippen MR) is 103 cm³/mol. The summed E-state index contributed by atoms with van der Waals surface area (Å²) in [4.78, 5) is 23.6. The fraction of sp³-hybridized carbons (Fsp3) is 0.0909. The van der Waals surface area contributed by atoms with E-state index in [0.717, 1.165) is 5.56 Å². The normalized spacial score (nSPS) is 10.2. The van der Waals surface area contributed by atoms with E-state index >= 15 is 0 Å². The minimum absolute atomic E-state index is 0.183. The molecule has 0 heterocycles. The van der Waals surface area contributed by atoms with Gasteiger partial charge in [-0.25, -0.2) is 9.18 Å². The van der Waals surface area contributed by atoms with Crippen LogP contribution in [-0.4, -0.2) is 11.9 Å². The highest BCUT2D eigenvalue weighted by atomic mass is 19.1. The highest BCUT2D eigenvalue weighted by Gasteiger charge is 2.15. The van der Waals surface area contributed by atoms with Crippen molar-refractivity contribution in [2.45, 2.75) is 13.5 Å².